The third-order valence-electron chi connectivity index (χ3n) is 2.04. The fourth-order valence-electron chi connectivity index (χ4n) is 1.10. The van der Waals surface area contributed by atoms with Crippen LogP contribution < -0.4 is 0 Å². The maximum atomic E-state index is 11.4. The average Bonchev–Trinajstić information content (AvgIpc) is 2.24. The van der Waals surface area contributed by atoms with Gasteiger partial charge in [-0.15, -0.1) is 0 Å². The van der Waals surface area contributed by atoms with Gasteiger partial charge in [0.05, 0.1) is 11.5 Å². The van der Waals surface area contributed by atoms with Crippen molar-refractivity contribution in [3.8, 4) is 11.8 Å². The van der Waals surface area contributed by atoms with Gasteiger partial charge in [-0.2, -0.15) is 16.8 Å². The summed E-state index contributed by atoms with van der Waals surface area (Å²) in [7, 11) is -7.29. The molecule has 0 spiro atoms. The van der Waals surface area contributed by atoms with Crippen LogP contribution in [0.5, 0.6) is 0 Å². The first-order valence-electron chi connectivity index (χ1n) is 6.15. The summed E-state index contributed by atoms with van der Waals surface area (Å²) < 4.78 is 55.4. The Labute approximate surface area is 122 Å². The topological polar surface area (TPSA) is 86.7 Å². The molecule has 0 heterocycles. The molecule has 0 radical (unpaired) electrons. The molecule has 6 nitrogen and oxygen atoms in total. The minimum Gasteiger partial charge on any atom is -0.251 e. The van der Waals surface area contributed by atoms with Crippen LogP contribution in [0.4, 0.5) is 0 Å². The lowest BCUT2D eigenvalue weighted by Gasteiger charge is -2.21. The van der Waals surface area contributed by atoms with E-state index in [1.807, 2.05) is 0 Å². The largest absolute Gasteiger partial charge is 0.268 e. The van der Waals surface area contributed by atoms with Crippen LogP contribution in [-0.4, -0.2) is 39.5 Å². The normalized spacial score (nSPS) is 13.7. The highest BCUT2D eigenvalue weighted by Gasteiger charge is 2.27. The van der Waals surface area contributed by atoms with Gasteiger partial charge < -0.3 is 0 Å². The molecule has 0 fully saturated rings. The first kappa shape index (κ1) is 19.4. The maximum absolute atomic E-state index is 11.4. The Balaban J connectivity index is 5.13. The van der Waals surface area contributed by atoms with Crippen LogP contribution in [0.2, 0.25) is 0 Å². The van der Waals surface area contributed by atoms with Crippen LogP contribution in [0.1, 0.15) is 41.5 Å². The molecule has 0 amide bonds. The van der Waals surface area contributed by atoms with Crippen molar-refractivity contribution in [2.24, 2.45) is 0 Å². The predicted octanol–water partition coefficient (Wildman–Crippen LogP) is 1.28. The summed E-state index contributed by atoms with van der Waals surface area (Å²) in [5.41, 5.74) is -2.52. The molecule has 0 saturated heterocycles. The molecule has 0 aromatic rings. The summed E-state index contributed by atoms with van der Waals surface area (Å²) in [4.78, 5) is 0. The molecular weight excluding hydrogens is 304 g/mol. The molecule has 0 unspecified atom stereocenters. The minimum atomic E-state index is -3.65. The van der Waals surface area contributed by atoms with Crippen LogP contribution in [0, 0.1) is 11.8 Å². The molecule has 20 heavy (non-hydrogen) atoms. The number of hydrogen-bond donors (Lipinski definition) is 0. The second-order valence-electron chi connectivity index (χ2n) is 5.13. The molecule has 0 aliphatic carbocycles. The van der Waals surface area contributed by atoms with Gasteiger partial charge in [0.2, 0.25) is 0 Å². The Kier molecular flexibility index (Phi) is 6.23. The molecule has 0 aromatic heterocycles. The SMILES string of the molecule is CCS(=O)(=O)OC(C)(C)C#CC(C)(C)OS(=O)(=O)CC. The summed E-state index contributed by atoms with van der Waals surface area (Å²) in [6.45, 7) is 8.85. The first-order valence-corrected chi connectivity index (χ1v) is 9.30. The van der Waals surface area contributed by atoms with E-state index >= 15 is 0 Å². The van der Waals surface area contributed by atoms with Crippen LogP contribution in [0.15, 0.2) is 0 Å². The average molecular weight is 326 g/mol. The van der Waals surface area contributed by atoms with Crippen molar-refractivity contribution in [1.82, 2.24) is 0 Å². The molecule has 0 rings (SSSR count). The lowest BCUT2D eigenvalue weighted by Crippen LogP contribution is -2.31. The lowest BCUT2D eigenvalue weighted by molar-refractivity contribution is 0.169. The van der Waals surface area contributed by atoms with E-state index in [0.717, 1.165) is 0 Å². The molecule has 8 heteroatoms. The molecule has 0 aromatic carbocycles. The van der Waals surface area contributed by atoms with Crippen molar-refractivity contribution in [3.63, 3.8) is 0 Å². The summed E-state index contributed by atoms with van der Waals surface area (Å²) in [5.74, 6) is 4.86. The van der Waals surface area contributed by atoms with E-state index in [2.05, 4.69) is 11.8 Å². The van der Waals surface area contributed by atoms with Crippen molar-refractivity contribution in [2.75, 3.05) is 11.5 Å². The third kappa shape index (κ3) is 7.85. The standard InChI is InChI=1S/C12H22O6S2/c1-7-19(13,14)17-11(3,4)9-10-12(5,6)18-20(15,16)8-2/h7-8H2,1-6H3. The number of hydrogen-bond acceptors (Lipinski definition) is 6. The van der Waals surface area contributed by atoms with Gasteiger partial charge in [0.15, 0.2) is 0 Å². The molecular formula is C12H22O6S2. The Bertz CT molecular complexity index is 536. The van der Waals surface area contributed by atoms with Gasteiger partial charge in [0.1, 0.15) is 11.2 Å². The third-order valence-corrected chi connectivity index (χ3v) is 4.80. The van der Waals surface area contributed by atoms with E-state index in [4.69, 9.17) is 8.37 Å². The van der Waals surface area contributed by atoms with E-state index < -0.39 is 31.4 Å². The second-order valence-corrected chi connectivity index (χ2v) is 8.85. The van der Waals surface area contributed by atoms with E-state index in [1.165, 1.54) is 41.5 Å². The van der Waals surface area contributed by atoms with Crippen molar-refractivity contribution in [3.05, 3.63) is 0 Å². The monoisotopic (exact) mass is 326 g/mol. The molecule has 0 aliphatic rings. The van der Waals surface area contributed by atoms with Crippen molar-refractivity contribution >= 4 is 20.2 Å². The van der Waals surface area contributed by atoms with Gasteiger partial charge >= 0.3 is 0 Å². The summed E-state index contributed by atoms with van der Waals surface area (Å²) in [5, 5.41) is 0. The van der Waals surface area contributed by atoms with Crippen LogP contribution in [0.3, 0.4) is 0 Å². The van der Waals surface area contributed by atoms with Crippen LogP contribution in [0.25, 0.3) is 0 Å². The van der Waals surface area contributed by atoms with Gasteiger partial charge in [0, 0.05) is 0 Å². The smallest absolute Gasteiger partial charge is 0.251 e. The highest BCUT2D eigenvalue weighted by Crippen LogP contribution is 2.16. The molecule has 118 valence electrons. The Hall–Kier alpha value is -0.620. The summed E-state index contributed by atoms with van der Waals surface area (Å²) in [6, 6.07) is 0. The molecule has 0 bridgehead atoms. The Morgan fingerprint density at radius 2 is 1.00 bits per heavy atom. The summed E-state index contributed by atoms with van der Waals surface area (Å²) >= 11 is 0. The van der Waals surface area contributed by atoms with Gasteiger partial charge in [-0.3, -0.25) is 8.37 Å². The molecule has 0 saturated carbocycles. The Morgan fingerprint density at radius 3 is 1.20 bits per heavy atom. The first-order chi connectivity index (χ1) is 8.74. The fraction of sp³-hybridized carbons (Fsp3) is 0.833. The highest BCUT2D eigenvalue weighted by atomic mass is 32.2. The minimum absolute atomic E-state index is 0.164. The zero-order valence-electron chi connectivity index (χ0n) is 12.7. The van der Waals surface area contributed by atoms with E-state index in [-0.39, 0.29) is 11.5 Å². The molecule has 0 N–H and O–H groups in total. The maximum Gasteiger partial charge on any atom is 0.268 e. The van der Waals surface area contributed by atoms with Gasteiger partial charge in [0.25, 0.3) is 20.2 Å². The lowest BCUT2D eigenvalue weighted by atomic mass is 10.1. The van der Waals surface area contributed by atoms with Gasteiger partial charge in [-0.1, -0.05) is 11.8 Å². The van der Waals surface area contributed by atoms with Crippen molar-refractivity contribution in [2.45, 2.75) is 52.7 Å². The van der Waals surface area contributed by atoms with Gasteiger partial charge in [-0.05, 0) is 41.5 Å². The summed E-state index contributed by atoms with van der Waals surface area (Å²) in [6.07, 6.45) is 0. The molecule has 0 aliphatic heterocycles. The quantitative estimate of drug-likeness (QED) is 0.540. The van der Waals surface area contributed by atoms with E-state index in [0.29, 0.717) is 0 Å². The zero-order valence-corrected chi connectivity index (χ0v) is 14.3. The highest BCUT2D eigenvalue weighted by molar-refractivity contribution is 7.86. The Morgan fingerprint density at radius 1 is 0.750 bits per heavy atom. The van der Waals surface area contributed by atoms with Gasteiger partial charge in [-0.25, -0.2) is 0 Å². The fourth-order valence-corrected chi connectivity index (χ4v) is 2.68. The molecule has 0 atom stereocenters. The van der Waals surface area contributed by atoms with Crippen LogP contribution >= 0.6 is 0 Å². The van der Waals surface area contributed by atoms with E-state index in [1.54, 1.807) is 0 Å². The number of rotatable bonds is 6. The van der Waals surface area contributed by atoms with Crippen molar-refractivity contribution < 1.29 is 25.2 Å². The van der Waals surface area contributed by atoms with Crippen LogP contribution in [-0.2, 0) is 28.6 Å². The van der Waals surface area contributed by atoms with Crippen molar-refractivity contribution in [1.29, 1.82) is 0 Å². The second kappa shape index (κ2) is 6.43. The predicted molar refractivity (Wildman–Crippen MR) is 77.0 cm³/mol. The zero-order chi connectivity index (χ0) is 16.2. The van der Waals surface area contributed by atoms with E-state index in [9.17, 15) is 16.8 Å².